The molecule has 1 aromatic carbocycles. The number of halogens is 3. The highest BCUT2D eigenvalue weighted by Gasteiger charge is 2.33. The third-order valence-electron chi connectivity index (χ3n) is 2.15. The molecule has 0 saturated heterocycles. The Morgan fingerprint density at radius 2 is 1.71 bits per heavy atom. The summed E-state index contributed by atoms with van der Waals surface area (Å²) in [5.74, 6) is -2.25. The monoisotopic (exact) mass is 269 g/mol. The zero-order valence-corrected chi connectivity index (χ0v) is 9.24. The van der Waals surface area contributed by atoms with Crippen molar-refractivity contribution in [3.05, 3.63) is 29.8 Å². The average Bonchev–Trinajstić information content (AvgIpc) is 2.15. The Kier molecular flexibility index (Phi) is 4.12. The number of benzene rings is 1. The molecule has 4 nitrogen and oxygen atoms in total. The minimum absolute atomic E-state index is 0.542. The molecule has 0 radical (unpaired) electrons. The minimum atomic E-state index is -4.26. The van der Waals surface area contributed by atoms with E-state index in [0.717, 1.165) is 12.1 Å². The molecule has 0 bridgehead atoms. The van der Waals surface area contributed by atoms with E-state index in [4.69, 9.17) is 10.2 Å². The predicted octanol–water partition coefficient (Wildman–Crippen LogP) is 0.971. The third kappa shape index (κ3) is 3.18. The first kappa shape index (κ1) is 13.9. The largest absolute Gasteiger partial charge is 0.363 e. The first-order valence-corrected chi connectivity index (χ1v) is 6.02. The number of hydrogen-bond acceptors (Lipinski definition) is 3. The lowest BCUT2D eigenvalue weighted by molar-refractivity contribution is -0.0410. The van der Waals surface area contributed by atoms with Crippen molar-refractivity contribution in [2.45, 2.75) is 23.6 Å². The fraction of sp³-hybridized carbons (Fsp3) is 0.333. The van der Waals surface area contributed by atoms with Crippen LogP contribution in [0.25, 0.3) is 0 Å². The topological polar surface area (TPSA) is 80.4 Å². The van der Waals surface area contributed by atoms with Crippen molar-refractivity contribution in [1.82, 2.24) is 0 Å². The number of rotatable bonds is 4. The third-order valence-corrected chi connectivity index (χ3v) is 3.14. The number of alkyl halides is 3. The molecule has 2 atom stereocenters. The summed E-state index contributed by atoms with van der Waals surface area (Å²) in [5, 5.41) is 13.5. The van der Waals surface area contributed by atoms with Crippen molar-refractivity contribution in [3.63, 3.8) is 0 Å². The van der Waals surface area contributed by atoms with Gasteiger partial charge in [-0.2, -0.15) is 0 Å². The normalized spacial score (nSPS) is 15.9. The minimum Gasteiger partial charge on any atom is -0.363 e. The van der Waals surface area contributed by atoms with Crippen molar-refractivity contribution in [1.29, 1.82) is 0 Å². The lowest BCUT2D eigenvalue weighted by Crippen LogP contribution is -2.24. The smallest absolute Gasteiger partial charge is 0.250 e. The van der Waals surface area contributed by atoms with Gasteiger partial charge in [0.15, 0.2) is 0 Å². The van der Waals surface area contributed by atoms with Gasteiger partial charge in [0.05, 0.1) is 4.90 Å². The highest BCUT2D eigenvalue weighted by atomic mass is 32.2. The van der Waals surface area contributed by atoms with Crippen molar-refractivity contribution in [2.75, 3.05) is 0 Å². The van der Waals surface area contributed by atoms with Crippen LogP contribution in [0.3, 0.4) is 0 Å². The van der Waals surface area contributed by atoms with Crippen LogP contribution in [-0.2, 0) is 10.0 Å². The maximum Gasteiger partial charge on any atom is 0.250 e. The first-order valence-electron chi connectivity index (χ1n) is 4.47. The highest BCUT2D eigenvalue weighted by molar-refractivity contribution is 7.89. The van der Waals surface area contributed by atoms with E-state index in [1.165, 1.54) is 12.1 Å². The Hall–Kier alpha value is -1.12. The fourth-order valence-corrected chi connectivity index (χ4v) is 2.22. The quantitative estimate of drug-likeness (QED) is 0.854. The van der Waals surface area contributed by atoms with E-state index < -0.39 is 39.2 Å². The van der Waals surface area contributed by atoms with Crippen LogP contribution < -0.4 is 5.14 Å². The van der Waals surface area contributed by atoms with E-state index in [2.05, 4.69) is 0 Å². The zero-order valence-electron chi connectivity index (χ0n) is 8.42. The molecule has 96 valence electrons. The summed E-state index contributed by atoms with van der Waals surface area (Å²) in [6.07, 6.45) is -6.13. The van der Waals surface area contributed by atoms with E-state index in [9.17, 15) is 21.6 Å². The predicted molar refractivity (Wildman–Crippen MR) is 53.7 cm³/mol. The Morgan fingerprint density at radius 1 is 1.18 bits per heavy atom. The van der Waals surface area contributed by atoms with E-state index in [1.807, 2.05) is 0 Å². The van der Waals surface area contributed by atoms with Gasteiger partial charge in [0.25, 0.3) is 6.43 Å². The molecule has 0 aliphatic heterocycles. The van der Waals surface area contributed by atoms with Gasteiger partial charge < -0.3 is 5.11 Å². The van der Waals surface area contributed by atoms with Gasteiger partial charge in [0, 0.05) is 0 Å². The standard InChI is InChI=1S/C9H10F3NO3S/c10-8(11)7(9(12)14)5-3-1-2-4-6(5)17(13,15)16/h1-4,7-9,14H,(H2,13,15,16). The van der Waals surface area contributed by atoms with E-state index >= 15 is 0 Å². The van der Waals surface area contributed by atoms with Gasteiger partial charge in [-0.1, -0.05) is 18.2 Å². The van der Waals surface area contributed by atoms with Crippen LogP contribution in [-0.4, -0.2) is 26.3 Å². The number of sulfonamides is 1. The summed E-state index contributed by atoms with van der Waals surface area (Å²) in [6, 6.07) is 4.47. The molecule has 1 rings (SSSR count). The molecule has 2 unspecified atom stereocenters. The second kappa shape index (κ2) is 5.03. The Morgan fingerprint density at radius 3 is 2.12 bits per heavy atom. The van der Waals surface area contributed by atoms with Crippen LogP contribution in [0.15, 0.2) is 29.2 Å². The molecule has 1 aromatic rings. The van der Waals surface area contributed by atoms with Gasteiger partial charge in [0.1, 0.15) is 5.92 Å². The van der Waals surface area contributed by atoms with Crippen molar-refractivity contribution in [3.8, 4) is 0 Å². The summed E-state index contributed by atoms with van der Waals surface area (Å²) in [6.45, 7) is 0. The molecule has 3 N–H and O–H groups in total. The number of aliphatic hydroxyl groups is 1. The Bertz CT molecular complexity index is 482. The van der Waals surface area contributed by atoms with Crippen LogP contribution in [0.2, 0.25) is 0 Å². The summed E-state index contributed by atoms with van der Waals surface area (Å²) in [5.41, 5.74) is -0.542. The van der Waals surface area contributed by atoms with Crippen LogP contribution in [0.4, 0.5) is 13.2 Å². The molecular formula is C9H10F3NO3S. The molecule has 0 fully saturated rings. The number of hydrogen-bond donors (Lipinski definition) is 2. The van der Waals surface area contributed by atoms with Crippen LogP contribution >= 0.6 is 0 Å². The van der Waals surface area contributed by atoms with Gasteiger partial charge in [-0.05, 0) is 11.6 Å². The van der Waals surface area contributed by atoms with Gasteiger partial charge in [-0.25, -0.2) is 26.7 Å². The molecule has 0 amide bonds. The Labute approximate surface area is 95.9 Å². The van der Waals surface area contributed by atoms with Crippen molar-refractivity contribution < 1.29 is 26.7 Å². The lowest BCUT2D eigenvalue weighted by atomic mass is 10.00. The highest BCUT2D eigenvalue weighted by Crippen LogP contribution is 2.31. The number of nitrogens with two attached hydrogens (primary N) is 1. The van der Waals surface area contributed by atoms with Crippen LogP contribution in [0.1, 0.15) is 11.5 Å². The maximum atomic E-state index is 12.7. The molecule has 0 aliphatic carbocycles. The summed E-state index contributed by atoms with van der Waals surface area (Å²) in [7, 11) is -4.26. The first-order chi connectivity index (χ1) is 7.75. The van der Waals surface area contributed by atoms with E-state index in [1.54, 1.807) is 0 Å². The molecule has 0 heterocycles. The summed E-state index contributed by atoms with van der Waals surface area (Å²) < 4.78 is 60.1. The van der Waals surface area contributed by atoms with E-state index in [0.29, 0.717) is 0 Å². The van der Waals surface area contributed by atoms with Crippen LogP contribution in [0, 0.1) is 0 Å². The van der Waals surface area contributed by atoms with Crippen molar-refractivity contribution in [2.24, 2.45) is 5.14 Å². The Balaban J connectivity index is 3.39. The molecule has 0 saturated carbocycles. The summed E-state index contributed by atoms with van der Waals surface area (Å²) >= 11 is 0. The molecule has 0 spiro atoms. The SMILES string of the molecule is NS(=O)(=O)c1ccccc1C(C(O)F)C(F)F. The number of primary sulfonamides is 1. The summed E-state index contributed by atoms with van der Waals surface area (Å²) in [4.78, 5) is -0.623. The van der Waals surface area contributed by atoms with Gasteiger partial charge in [-0.3, -0.25) is 0 Å². The van der Waals surface area contributed by atoms with Gasteiger partial charge in [0.2, 0.25) is 16.4 Å². The second-order valence-corrected chi connectivity index (χ2v) is 4.85. The molecule has 0 aromatic heterocycles. The molecule has 17 heavy (non-hydrogen) atoms. The van der Waals surface area contributed by atoms with Gasteiger partial charge >= 0.3 is 0 Å². The molecular weight excluding hydrogens is 259 g/mol. The van der Waals surface area contributed by atoms with Gasteiger partial charge in [-0.15, -0.1) is 0 Å². The van der Waals surface area contributed by atoms with Crippen molar-refractivity contribution >= 4 is 10.0 Å². The van der Waals surface area contributed by atoms with Crippen LogP contribution in [0.5, 0.6) is 0 Å². The number of aliphatic hydroxyl groups excluding tert-OH is 1. The maximum absolute atomic E-state index is 12.7. The zero-order chi connectivity index (χ0) is 13.2. The average molecular weight is 269 g/mol. The second-order valence-electron chi connectivity index (χ2n) is 3.32. The molecule has 8 heteroatoms. The molecule has 0 aliphatic rings. The lowest BCUT2D eigenvalue weighted by Gasteiger charge is -2.19. The van der Waals surface area contributed by atoms with E-state index in [-0.39, 0.29) is 0 Å². The fourth-order valence-electron chi connectivity index (χ4n) is 1.42.